The second-order valence-corrected chi connectivity index (χ2v) is 5.44. The van der Waals surface area contributed by atoms with E-state index in [-0.39, 0.29) is 11.9 Å². The van der Waals surface area contributed by atoms with Crippen LogP contribution >= 0.6 is 0 Å². The number of likely N-dealkylation sites (tertiary alicyclic amines) is 1. The Morgan fingerprint density at radius 2 is 2.16 bits per heavy atom. The third kappa shape index (κ3) is 2.83. The Labute approximate surface area is 114 Å². The number of anilines is 1. The van der Waals surface area contributed by atoms with Gasteiger partial charge in [0.05, 0.1) is 12.7 Å². The number of nitrogens with zero attached hydrogens (tertiary/aromatic N) is 1. The molecule has 1 fully saturated rings. The van der Waals surface area contributed by atoms with Gasteiger partial charge in [-0.15, -0.1) is 0 Å². The van der Waals surface area contributed by atoms with Gasteiger partial charge < -0.3 is 15.4 Å². The minimum Gasteiger partial charge on any atom is -0.496 e. The fourth-order valence-corrected chi connectivity index (χ4v) is 2.75. The third-order valence-corrected chi connectivity index (χ3v) is 3.86. The quantitative estimate of drug-likeness (QED) is 0.833. The predicted octanol–water partition coefficient (Wildman–Crippen LogP) is 2.54. The SMILES string of the molecule is COc1cc(N)ccc1C(=O)N1CCC(C)CC1C. The highest BCUT2D eigenvalue weighted by atomic mass is 16.5. The summed E-state index contributed by atoms with van der Waals surface area (Å²) in [5.74, 6) is 1.28. The van der Waals surface area contributed by atoms with E-state index in [1.807, 2.05) is 4.90 Å². The van der Waals surface area contributed by atoms with Gasteiger partial charge in [0.1, 0.15) is 5.75 Å². The Hall–Kier alpha value is -1.71. The van der Waals surface area contributed by atoms with E-state index in [9.17, 15) is 4.79 Å². The topological polar surface area (TPSA) is 55.6 Å². The number of nitrogens with two attached hydrogens (primary N) is 1. The summed E-state index contributed by atoms with van der Waals surface area (Å²) in [7, 11) is 1.56. The molecule has 0 aromatic heterocycles. The molecule has 4 nitrogen and oxygen atoms in total. The van der Waals surface area contributed by atoms with E-state index >= 15 is 0 Å². The molecular weight excluding hydrogens is 240 g/mol. The van der Waals surface area contributed by atoms with E-state index in [2.05, 4.69) is 13.8 Å². The molecule has 1 saturated heterocycles. The smallest absolute Gasteiger partial charge is 0.257 e. The van der Waals surface area contributed by atoms with E-state index in [1.54, 1.807) is 25.3 Å². The summed E-state index contributed by atoms with van der Waals surface area (Å²) in [6, 6.07) is 5.47. The number of ether oxygens (including phenoxy) is 1. The summed E-state index contributed by atoms with van der Waals surface area (Å²) in [6.07, 6.45) is 2.12. The summed E-state index contributed by atoms with van der Waals surface area (Å²) in [6.45, 7) is 5.16. The maximum atomic E-state index is 12.6. The van der Waals surface area contributed by atoms with Gasteiger partial charge >= 0.3 is 0 Å². The Morgan fingerprint density at radius 1 is 1.42 bits per heavy atom. The number of hydrogen-bond donors (Lipinski definition) is 1. The molecule has 1 amide bonds. The van der Waals surface area contributed by atoms with Crippen molar-refractivity contribution in [2.45, 2.75) is 32.7 Å². The largest absolute Gasteiger partial charge is 0.496 e. The lowest BCUT2D eigenvalue weighted by molar-refractivity contribution is 0.0585. The molecule has 2 atom stereocenters. The zero-order valence-corrected chi connectivity index (χ0v) is 11.8. The molecule has 2 rings (SSSR count). The molecule has 0 radical (unpaired) electrons. The van der Waals surface area contributed by atoms with Gasteiger partial charge in [-0.3, -0.25) is 4.79 Å². The number of carbonyl (C=O) groups excluding carboxylic acids is 1. The number of carbonyl (C=O) groups is 1. The summed E-state index contributed by atoms with van der Waals surface area (Å²) < 4.78 is 5.27. The molecule has 1 aromatic carbocycles. The van der Waals surface area contributed by atoms with Crippen LogP contribution in [0.2, 0.25) is 0 Å². The van der Waals surface area contributed by atoms with Gasteiger partial charge in [0.2, 0.25) is 0 Å². The van der Waals surface area contributed by atoms with Gasteiger partial charge in [0, 0.05) is 24.3 Å². The fourth-order valence-electron chi connectivity index (χ4n) is 2.75. The number of benzene rings is 1. The van der Waals surface area contributed by atoms with Gasteiger partial charge in [0.15, 0.2) is 0 Å². The third-order valence-electron chi connectivity index (χ3n) is 3.86. The average Bonchev–Trinajstić information content (AvgIpc) is 2.37. The Bertz CT molecular complexity index is 473. The molecule has 1 aliphatic heterocycles. The van der Waals surface area contributed by atoms with Gasteiger partial charge in [-0.2, -0.15) is 0 Å². The van der Waals surface area contributed by atoms with E-state index in [1.165, 1.54) is 0 Å². The number of amides is 1. The highest BCUT2D eigenvalue weighted by molar-refractivity contribution is 5.97. The van der Waals surface area contributed by atoms with E-state index in [0.29, 0.717) is 22.9 Å². The molecule has 0 spiro atoms. The van der Waals surface area contributed by atoms with Crippen molar-refractivity contribution in [3.8, 4) is 5.75 Å². The zero-order chi connectivity index (χ0) is 14.0. The second-order valence-electron chi connectivity index (χ2n) is 5.44. The predicted molar refractivity (Wildman–Crippen MR) is 76.3 cm³/mol. The van der Waals surface area contributed by atoms with E-state index in [4.69, 9.17) is 10.5 Å². The molecule has 2 N–H and O–H groups in total. The molecule has 0 aliphatic carbocycles. The van der Waals surface area contributed by atoms with Crippen LogP contribution in [0.4, 0.5) is 5.69 Å². The number of piperidine rings is 1. The first-order valence-electron chi connectivity index (χ1n) is 6.77. The van der Waals surface area contributed by atoms with Gasteiger partial charge in [-0.1, -0.05) is 6.92 Å². The molecule has 1 heterocycles. The van der Waals surface area contributed by atoms with Crippen LogP contribution in [0.15, 0.2) is 18.2 Å². The van der Waals surface area contributed by atoms with Crippen LogP contribution in [-0.2, 0) is 0 Å². The normalized spacial score (nSPS) is 23.2. The summed E-state index contributed by atoms with van der Waals surface area (Å²) in [4.78, 5) is 14.6. The Balaban J connectivity index is 2.24. The number of rotatable bonds is 2. The summed E-state index contributed by atoms with van der Waals surface area (Å²) in [5.41, 5.74) is 6.92. The molecule has 0 bridgehead atoms. The zero-order valence-electron chi connectivity index (χ0n) is 11.8. The van der Waals surface area contributed by atoms with Crippen molar-refractivity contribution in [1.82, 2.24) is 4.90 Å². The van der Waals surface area contributed by atoms with Crippen LogP contribution in [0.3, 0.4) is 0 Å². The van der Waals surface area contributed by atoms with Crippen molar-refractivity contribution >= 4 is 11.6 Å². The number of nitrogen functional groups attached to an aromatic ring is 1. The first kappa shape index (κ1) is 13.7. The van der Waals surface area contributed by atoms with Crippen LogP contribution in [0, 0.1) is 5.92 Å². The molecule has 1 aromatic rings. The van der Waals surface area contributed by atoms with Gasteiger partial charge in [-0.25, -0.2) is 0 Å². The standard InChI is InChI=1S/C15H22N2O2/c1-10-6-7-17(11(2)8-10)15(18)13-5-4-12(16)9-14(13)19-3/h4-5,9-11H,6-8,16H2,1-3H3. The van der Waals surface area contributed by atoms with Gasteiger partial charge in [-0.05, 0) is 37.8 Å². The van der Waals surface area contributed by atoms with Crippen molar-refractivity contribution in [3.05, 3.63) is 23.8 Å². The lowest BCUT2D eigenvalue weighted by Crippen LogP contribution is -2.44. The first-order valence-corrected chi connectivity index (χ1v) is 6.77. The van der Waals surface area contributed by atoms with Crippen molar-refractivity contribution in [1.29, 1.82) is 0 Å². The molecule has 2 unspecified atom stereocenters. The van der Waals surface area contributed by atoms with Gasteiger partial charge in [0.25, 0.3) is 5.91 Å². The number of methoxy groups -OCH3 is 1. The number of hydrogen-bond acceptors (Lipinski definition) is 3. The summed E-state index contributed by atoms with van der Waals surface area (Å²) >= 11 is 0. The molecule has 0 saturated carbocycles. The van der Waals surface area contributed by atoms with E-state index in [0.717, 1.165) is 19.4 Å². The van der Waals surface area contributed by atoms with Crippen LogP contribution in [-0.4, -0.2) is 30.5 Å². The highest BCUT2D eigenvalue weighted by Crippen LogP contribution is 2.28. The first-order chi connectivity index (χ1) is 9.02. The van der Waals surface area contributed by atoms with Crippen LogP contribution < -0.4 is 10.5 Å². The lowest BCUT2D eigenvalue weighted by atomic mass is 9.93. The second kappa shape index (κ2) is 5.51. The maximum Gasteiger partial charge on any atom is 0.257 e. The van der Waals surface area contributed by atoms with Crippen molar-refractivity contribution in [2.24, 2.45) is 5.92 Å². The summed E-state index contributed by atoms with van der Waals surface area (Å²) in [5, 5.41) is 0. The van der Waals surface area contributed by atoms with Crippen LogP contribution in [0.5, 0.6) is 5.75 Å². The minimum absolute atomic E-state index is 0.0382. The Kier molecular flexibility index (Phi) is 3.98. The highest BCUT2D eigenvalue weighted by Gasteiger charge is 2.28. The molecule has 4 heteroatoms. The van der Waals surface area contributed by atoms with Crippen LogP contribution in [0.25, 0.3) is 0 Å². The lowest BCUT2D eigenvalue weighted by Gasteiger charge is -2.36. The van der Waals surface area contributed by atoms with E-state index < -0.39 is 0 Å². The molecule has 19 heavy (non-hydrogen) atoms. The minimum atomic E-state index is 0.0382. The van der Waals surface area contributed by atoms with Crippen molar-refractivity contribution < 1.29 is 9.53 Å². The van der Waals surface area contributed by atoms with Crippen molar-refractivity contribution in [3.63, 3.8) is 0 Å². The molecule has 104 valence electrons. The average molecular weight is 262 g/mol. The monoisotopic (exact) mass is 262 g/mol. The maximum absolute atomic E-state index is 12.6. The van der Waals surface area contributed by atoms with Crippen molar-refractivity contribution in [2.75, 3.05) is 19.4 Å². The van der Waals surface area contributed by atoms with Crippen LogP contribution in [0.1, 0.15) is 37.0 Å². The fraction of sp³-hybridized carbons (Fsp3) is 0.533. The Morgan fingerprint density at radius 3 is 2.79 bits per heavy atom. The molecule has 1 aliphatic rings. The molecular formula is C15H22N2O2.